The molecule has 5 N–H and O–H groups in total. The first-order chi connectivity index (χ1) is 20.3. The van der Waals surface area contributed by atoms with Crippen LogP contribution >= 0.6 is 0 Å². The van der Waals surface area contributed by atoms with Gasteiger partial charge in [-0.3, -0.25) is 24.0 Å². The summed E-state index contributed by atoms with van der Waals surface area (Å²) in [7, 11) is 1.75. The minimum Gasteiger partial charge on any atom is -0.452 e. The number of ether oxygens (including phenoxy) is 1. The molecule has 2 heterocycles. The molecule has 240 valence electrons. The fourth-order valence-corrected chi connectivity index (χ4v) is 5.61. The average Bonchev–Trinajstić information content (AvgIpc) is 3.69. The highest BCUT2D eigenvalue weighted by molar-refractivity contribution is 5.96. The van der Waals surface area contributed by atoms with Crippen molar-refractivity contribution in [1.82, 2.24) is 15.5 Å². The third kappa shape index (κ3) is 10.3. The number of amides is 4. The van der Waals surface area contributed by atoms with Crippen molar-refractivity contribution in [3.8, 4) is 0 Å². The van der Waals surface area contributed by atoms with Crippen LogP contribution in [0.5, 0.6) is 0 Å². The lowest BCUT2D eigenvalue weighted by Crippen LogP contribution is -2.58. The number of anilines is 1. The Balaban J connectivity index is 0.000000286. The lowest BCUT2D eigenvalue weighted by molar-refractivity contribution is -0.146. The van der Waals surface area contributed by atoms with E-state index in [1.165, 1.54) is 12.8 Å². The van der Waals surface area contributed by atoms with E-state index < -0.39 is 18.1 Å². The summed E-state index contributed by atoms with van der Waals surface area (Å²) >= 11 is 0. The van der Waals surface area contributed by atoms with Crippen molar-refractivity contribution in [1.29, 1.82) is 0 Å². The number of carbonyl (C=O) groups is 5. The van der Waals surface area contributed by atoms with Crippen LogP contribution in [0.4, 0.5) is 5.69 Å². The molecule has 1 aromatic carbocycles. The molecule has 0 bridgehead atoms. The molecule has 1 aromatic rings. The van der Waals surface area contributed by atoms with Crippen molar-refractivity contribution >= 4 is 35.3 Å². The Morgan fingerprint density at radius 1 is 1.09 bits per heavy atom. The molecule has 0 radical (unpaired) electrons. The van der Waals surface area contributed by atoms with Gasteiger partial charge in [-0.1, -0.05) is 53.2 Å². The predicted octanol–water partition coefficient (Wildman–Crippen LogP) is 2.91. The van der Waals surface area contributed by atoms with E-state index in [1.807, 2.05) is 46.4 Å². The Morgan fingerprint density at radius 3 is 2.37 bits per heavy atom. The van der Waals surface area contributed by atoms with Crippen LogP contribution < -0.4 is 21.7 Å². The van der Waals surface area contributed by atoms with Crippen molar-refractivity contribution in [3.63, 3.8) is 0 Å². The number of hydrogen-bond acceptors (Lipinski definition) is 7. The van der Waals surface area contributed by atoms with E-state index in [-0.39, 0.29) is 48.0 Å². The quantitative estimate of drug-likeness (QED) is 0.333. The Hall–Kier alpha value is -3.47. The molecule has 43 heavy (non-hydrogen) atoms. The maximum Gasteiger partial charge on any atom is 0.306 e. The van der Waals surface area contributed by atoms with Crippen LogP contribution in [0.25, 0.3) is 0 Å². The zero-order chi connectivity index (χ0) is 32.3. The van der Waals surface area contributed by atoms with Crippen LogP contribution in [0.3, 0.4) is 0 Å². The molecule has 11 nitrogen and oxygen atoms in total. The number of likely N-dealkylation sites (tertiary alicyclic amines) is 1. The van der Waals surface area contributed by atoms with E-state index in [1.54, 1.807) is 31.3 Å². The van der Waals surface area contributed by atoms with Gasteiger partial charge in [0.2, 0.25) is 17.7 Å². The molecule has 2 saturated heterocycles. The summed E-state index contributed by atoms with van der Waals surface area (Å²) in [4.78, 5) is 60.9. The van der Waals surface area contributed by atoms with Gasteiger partial charge in [0.15, 0.2) is 6.10 Å². The summed E-state index contributed by atoms with van der Waals surface area (Å²) in [6.07, 6.45) is 4.75. The first-order valence-electron chi connectivity index (χ1n) is 15.5. The highest BCUT2D eigenvalue weighted by atomic mass is 16.6. The lowest BCUT2D eigenvalue weighted by Gasteiger charge is -2.36. The molecule has 1 aliphatic carbocycles. The molecular weight excluding hydrogens is 550 g/mol. The molecule has 4 amide bonds. The Morgan fingerprint density at radius 2 is 1.79 bits per heavy atom. The molecule has 2 aliphatic heterocycles. The highest BCUT2D eigenvalue weighted by Crippen LogP contribution is 2.39. The molecule has 3 fully saturated rings. The van der Waals surface area contributed by atoms with E-state index in [0.29, 0.717) is 29.6 Å². The minimum absolute atomic E-state index is 0.0959. The summed E-state index contributed by atoms with van der Waals surface area (Å²) < 4.78 is 4.87. The Kier molecular flexibility index (Phi) is 13.6. The van der Waals surface area contributed by atoms with E-state index in [9.17, 15) is 24.0 Å². The summed E-state index contributed by atoms with van der Waals surface area (Å²) in [6.45, 7) is 12.7. The number of nitrogens with one attached hydrogen (secondary N) is 3. The summed E-state index contributed by atoms with van der Waals surface area (Å²) in [5, 5.41) is 8.55. The fourth-order valence-electron chi connectivity index (χ4n) is 5.61. The van der Waals surface area contributed by atoms with Crippen molar-refractivity contribution in [2.45, 2.75) is 111 Å². The van der Waals surface area contributed by atoms with Crippen LogP contribution in [0.1, 0.15) is 85.6 Å². The topological polar surface area (TPSA) is 160 Å². The summed E-state index contributed by atoms with van der Waals surface area (Å²) in [6, 6.07) is 6.46. The monoisotopic (exact) mass is 601 g/mol. The van der Waals surface area contributed by atoms with Crippen LogP contribution in [0, 0.1) is 11.3 Å². The zero-order valence-corrected chi connectivity index (χ0v) is 26.8. The van der Waals surface area contributed by atoms with Gasteiger partial charge < -0.3 is 31.3 Å². The maximum absolute atomic E-state index is 13.1. The molecule has 3 aliphatic rings. The third-order valence-corrected chi connectivity index (χ3v) is 8.02. The van der Waals surface area contributed by atoms with Gasteiger partial charge >= 0.3 is 5.97 Å². The molecule has 4 rings (SSSR count). The molecule has 0 aromatic heterocycles. The van der Waals surface area contributed by atoms with Gasteiger partial charge in [-0.05, 0) is 62.3 Å². The standard InChI is InChI=1S/C17H31N3O2.C13H14N2O4.C2H6/c1-11(18-5)15(21)19-14(17(2,3)4)16(22)20-10-9-12-7-6-8-13(12)20;14-11(16)7-8-2-1-3-9(6-8)15-13(18)10-4-5-12(17)19-10;1-2/h11-14,18H,6-10H2,1-5H3,(H,19,21);1-3,6,10H,4-5,7H2,(H2,14,16)(H,15,18);1-2H3. The fraction of sp³-hybridized carbons (Fsp3) is 0.656. The number of benzene rings is 1. The minimum atomic E-state index is -0.729. The molecule has 5 unspecified atom stereocenters. The van der Waals surface area contributed by atoms with Gasteiger partial charge in [-0.15, -0.1) is 0 Å². The van der Waals surface area contributed by atoms with Gasteiger partial charge in [0.25, 0.3) is 5.91 Å². The SMILES string of the molecule is CC.CNC(C)C(=O)NC(C(=O)N1CCC2CCCC21)C(C)(C)C.NC(=O)Cc1cccc(NC(=O)C2CCC(=O)O2)c1. The van der Waals surface area contributed by atoms with E-state index in [2.05, 4.69) is 16.0 Å². The molecule has 1 saturated carbocycles. The normalized spacial score (nSPS) is 22.1. The molecule has 5 atom stereocenters. The summed E-state index contributed by atoms with van der Waals surface area (Å²) in [5.74, 6) is -0.495. The summed E-state index contributed by atoms with van der Waals surface area (Å²) in [5.41, 5.74) is 6.08. The van der Waals surface area contributed by atoms with Crippen molar-refractivity contribution in [2.75, 3.05) is 18.9 Å². The van der Waals surface area contributed by atoms with Crippen LogP contribution in [-0.2, 0) is 35.1 Å². The maximum atomic E-state index is 13.1. The van der Waals surface area contributed by atoms with Crippen LogP contribution in [-0.4, -0.2) is 72.3 Å². The number of rotatable bonds is 8. The van der Waals surface area contributed by atoms with Gasteiger partial charge in [0.1, 0.15) is 6.04 Å². The van der Waals surface area contributed by atoms with Gasteiger partial charge in [-0.2, -0.15) is 0 Å². The van der Waals surface area contributed by atoms with Gasteiger partial charge in [0, 0.05) is 31.1 Å². The molecule has 11 heteroatoms. The third-order valence-electron chi connectivity index (χ3n) is 8.02. The second-order valence-electron chi connectivity index (χ2n) is 12.2. The number of nitrogens with two attached hydrogens (primary N) is 1. The van der Waals surface area contributed by atoms with Crippen molar-refractivity contribution < 1.29 is 28.7 Å². The van der Waals surface area contributed by atoms with Crippen molar-refractivity contribution in [2.24, 2.45) is 17.1 Å². The first kappa shape index (κ1) is 35.7. The van der Waals surface area contributed by atoms with E-state index in [0.717, 1.165) is 19.4 Å². The van der Waals surface area contributed by atoms with Gasteiger partial charge in [0.05, 0.1) is 12.5 Å². The molecular formula is C32H51N5O6. The van der Waals surface area contributed by atoms with Crippen LogP contribution in [0.2, 0.25) is 0 Å². The largest absolute Gasteiger partial charge is 0.452 e. The van der Waals surface area contributed by atoms with E-state index >= 15 is 0 Å². The molecule has 0 spiro atoms. The van der Waals surface area contributed by atoms with Crippen LogP contribution in [0.15, 0.2) is 24.3 Å². The number of cyclic esters (lactones) is 1. The lowest BCUT2D eigenvalue weighted by atomic mass is 9.85. The second kappa shape index (κ2) is 16.4. The number of nitrogens with zero attached hydrogens (tertiary/aromatic N) is 1. The highest BCUT2D eigenvalue weighted by Gasteiger charge is 2.44. The first-order valence-corrected chi connectivity index (χ1v) is 15.5. The second-order valence-corrected chi connectivity index (χ2v) is 12.2. The predicted molar refractivity (Wildman–Crippen MR) is 166 cm³/mol. The number of esters is 1. The smallest absolute Gasteiger partial charge is 0.306 e. The van der Waals surface area contributed by atoms with E-state index in [4.69, 9.17) is 10.5 Å². The number of carbonyl (C=O) groups excluding carboxylic acids is 5. The van der Waals surface area contributed by atoms with Gasteiger partial charge in [-0.25, -0.2) is 0 Å². The average molecular weight is 602 g/mol. The Bertz CT molecular complexity index is 1130. The number of likely N-dealkylation sites (N-methyl/N-ethyl adjacent to an activating group) is 1. The Labute approximate surface area is 256 Å². The zero-order valence-electron chi connectivity index (χ0n) is 26.8. The number of primary amides is 1. The van der Waals surface area contributed by atoms with Crippen molar-refractivity contribution in [3.05, 3.63) is 29.8 Å². The number of hydrogen-bond donors (Lipinski definition) is 4. The number of fused-ring (bicyclic) bond motifs is 1.